The fourth-order valence-corrected chi connectivity index (χ4v) is 6.72. The molecule has 10 nitrogen and oxygen atoms in total. The van der Waals surface area contributed by atoms with Crippen LogP contribution in [0.5, 0.6) is 0 Å². The van der Waals surface area contributed by atoms with Crippen molar-refractivity contribution in [1.29, 1.82) is 5.26 Å². The lowest BCUT2D eigenvalue weighted by Crippen LogP contribution is -2.25. The highest BCUT2D eigenvalue weighted by molar-refractivity contribution is 6.10. The van der Waals surface area contributed by atoms with E-state index in [1.54, 1.807) is 48.3 Å². The van der Waals surface area contributed by atoms with E-state index in [-0.39, 0.29) is 36.0 Å². The van der Waals surface area contributed by atoms with Crippen molar-refractivity contribution >= 4 is 17.5 Å². The summed E-state index contributed by atoms with van der Waals surface area (Å²) in [6.45, 7) is 3.35. The van der Waals surface area contributed by atoms with Crippen LogP contribution in [0.15, 0.2) is 48.8 Å². The Kier molecular flexibility index (Phi) is 8.17. The van der Waals surface area contributed by atoms with E-state index in [0.717, 1.165) is 12.5 Å². The van der Waals surface area contributed by atoms with Crippen LogP contribution in [-0.2, 0) is 26.3 Å². The summed E-state index contributed by atoms with van der Waals surface area (Å²) in [4.78, 5) is 22.0. The number of nitriles is 1. The molecule has 4 heterocycles. The molecule has 1 saturated heterocycles. The highest BCUT2D eigenvalue weighted by Gasteiger charge is 2.41. The number of alkyl halides is 3. The molecule has 1 amide bonds. The Bertz CT molecular complexity index is 1920. The van der Waals surface area contributed by atoms with Crippen molar-refractivity contribution < 1.29 is 23.1 Å². The number of aromatic nitrogens is 4. The summed E-state index contributed by atoms with van der Waals surface area (Å²) in [5.41, 5.74) is 1.78. The van der Waals surface area contributed by atoms with Gasteiger partial charge >= 0.3 is 6.18 Å². The number of carbonyl (C=O) groups excluding carboxylic acids is 1. The summed E-state index contributed by atoms with van der Waals surface area (Å²) in [6.07, 6.45) is -0.338. The van der Waals surface area contributed by atoms with Crippen LogP contribution in [0.4, 0.5) is 24.8 Å². The molecule has 2 fully saturated rings. The van der Waals surface area contributed by atoms with Crippen LogP contribution in [0.2, 0.25) is 0 Å². The van der Waals surface area contributed by atoms with Crippen molar-refractivity contribution in [2.24, 2.45) is 18.9 Å². The normalized spacial score (nSPS) is 19.5. The molecule has 0 bridgehead atoms. The molecular weight excluding hydrogens is 621 g/mol. The minimum atomic E-state index is -4.68. The molecule has 4 aromatic rings. The molecule has 3 aliphatic rings. The van der Waals surface area contributed by atoms with E-state index in [0.29, 0.717) is 65.0 Å². The van der Waals surface area contributed by atoms with Crippen LogP contribution in [0.25, 0.3) is 22.5 Å². The van der Waals surface area contributed by atoms with Crippen LogP contribution in [-0.4, -0.2) is 61.4 Å². The number of likely N-dealkylation sites (tertiary alicyclic amines) is 1. The summed E-state index contributed by atoms with van der Waals surface area (Å²) in [5, 5.41) is 31.6. The Morgan fingerprint density at radius 1 is 1.08 bits per heavy atom. The molecule has 2 N–H and O–H groups in total. The molecule has 0 radical (unpaired) electrons. The second kappa shape index (κ2) is 12.3. The monoisotopic (exact) mass is 656 g/mol. The number of anilines is 2. The quantitative estimate of drug-likeness (QED) is 0.238. The van der Waals surface area contributed by atoms with Crippen molar-refractivity contribution in [2.75, 3.05) is 29.9 Å². The average molecular weight is 657 g/mol. The Morgan fingerprint density at radius 2 is 1.90 bits per heavy atom. The fourth-order valence-electron chi connectivity index (χ4n) is 6.72. The van der Waals surface area contributed by atoms with Gasteiger partial charge in [0.2, 0.25) is 0 Å². The fraction of sp³-hybridized carbons (Fsp3) is 0.400. The number of rotatable bonds is 9. The number of β-amino-alcohol motifs (C(OH)–C–C–N with tert-alkyl or cyclic N) is 1. The van der Waals surface area contributed by atoms with Gasteiger partial charge in [-0.2, -0.15) is 18.4 Å². The van der Waals surface area contributed by atoms with Gasteiger partial charge in [0.05, 0.1) is 29.8 Å². The molecule has 1 aliphatic carbocycles. The number of aliphatic hydroxyl groups is 1. The van der Waals surface area contributed by atoms with Gasteiger partial charge in [-0.15, -0.1) is 10.2 Å². The Balaban J connectivity index is 1.29. The maximum Gasteiger partial charge on any atom is 0.416 e. The van der Waals surface area contributed by atoms with Crippen molar-refractivity contribution in [1.82, 2.24) is 24.6 Å². The van der Waals surface area contributed by atoms with Crippen molar-refractivity contribution in [3.05, 3.63) is 76.6 Å². The number of nitrogens with one attached hydrogen (secondary N) is 1. The van der Waals surface area contributed by atoms with Crippen LogP contribution < -0.4 is 10.2 Å². The first-order chi connectivity index (χ1) is 23.0. The van der Waals surface area contributed by atoms with E-state index >= 15 is 0 Å². The number of amides is 1. The van der Waals surface area contributed by atoms with Crippen LogP contribution in [0.1, 0.15) is 58.8 Å². The topological polar surface area (TPSA) is 123 Å². The lowest BCUT2D eigenvalue weighted by Gasteiger charge is -2.19. The van der Waals surface area contributed by atoms with Gasteiger partial charge < -0.3 is 15.0 Å². The summed E-state index contributed by atoms with van der Waals surface area (Å²) < 4.78 is 45.3. The Hall–Kier alpha value is -4.80. The Labute approximate surface area is 275 Å². The van der Waals surface area contributed by atoms with Crippen molar-refractivity contribution in [3.8, 4) is 28.6 Å². The maximum atomic E-state index is 14.5. The Morgan fingerprint density at radius 3 is 2.56 bits per heavy atom. The molecule has 2 aliphatic heterocycles. The molecule has 248 valence electrons. The molecule has 2 atom stereocenters. The number of hydrogen-bond donors (Lipinski definition) is 2. The third-order valence-electron chi connectivity index (χ3n) is 9.52. The number of pyridine rings is 1. The SMILES string of the molecule is C[C@H]1CN(Cc2cc3c(c(C(F)(F)F)c2)CN(c2cc(-c4cc(C#N)ccc4-c4nncn4C)cc(NCCC4CC4)n2)C3=O)C[C@@H]1O. The first-order valence-electron chi connectivity index (χ1n) is 16.1. The van der Waals surface area contributed by atoms with E-state index in [1.807, 2.05) is 17.9 Å². The van der Waals surface area contributed by atoms with E-state index in [9.17, 15) is 28.3 Å². The number of nitrogens with zero attached hydrogens (tertiary/aromatic N) is 7. The van der Waals surface area contributed by atoms with Crippen molar-refractivity contribution in [2.45, 2.75) is 51.6 Å². The van der Waals surface area contributed by atoms with Crippen molar-refractivity contribution in [3.63, 3.8) is 0 Å². The molecule has 1 saturated carbocycles. The first-order valence-corrected chi connectivity index (χ1v) is 16.1. The van der Waals surface area contributed by atoms with Gasteiger partial charge in [0.1, 0.15) is 18.0 Å². The zero-order valence-electron chi connectivity index (χ0n) is 26.6. The van der Waals surface area contributed by atoms with Gasteiger partial charge in [-0.25, -0.2) is 4.98 Å². The number of aliphatic hydroxyl groups excluding tert-OH is 1. The van der Waals surface area contributed by atoms with Gasteiger partial charge in [0.25, 0.3) is 5.91 Å². The lowest BCUT2D eigenvalue weighted by molar-refractivity contribution is -0.138. The van der Waals surface area contributed by atoms with E-state index in [2.05, 4.69) is 21.6 Å². The summed E-state index contributed by atoms with van der Waals surface area (Å²) in [7, 11) is 1.80. The average Bonchev–Trinajstić information content (AvgIpc) is 3.56. The van der Waals surface area contributed by atoms with Crippen LogP contribution in [0.3, 0.4) is 0 Å². The number of benzene rings is 2. The number of halogens is 3. The number of fused-ring (bicyclic) bond motifs is 1. The zero-order valence-corrected chi connectivity index (χ0v) is 26.6. The van der Waals surface area contributed by atoms with Gasteiger partial charge in [-0.1, -0.05) is 19.8 Å². The highest BCUT2D eigenvalue weighted by atomic mass is 19.4. The molecule has 2 aromatic heterocycles. The molecule has 0 spiro atoms. The minimum absolute atomic E-state index is 0.00526. The molecule has 48 heavy (non-hydrogen) atoms. The largest absolute Gasteiger partial charge is 0.416 e. The molecule has 7 rings (SSSR count). The van der Waals surface area contributed by atoms with Gasteiger partial charge in [-0.05, 0) is 83.0 Å². The number of carbonyl (C=O) groups is 1. The van der Waals surface area contributed by atoms with Gasteiger partial charge in [-0.3, -0.25) is 14.6 Å². The predicted octanol–water partition coefficient (Wildman–Crippen LogP) is 5.62. The lowest BCUT2D eigenvalue weighted by atomic mass is 9.97. The highest BCUT2D eigenvalue weighted by Crippen LogP contribution is 2.41. The van der Waals surface area contributed by atoms with E-state index < -0.39 is 23.8 Å². The summed E-state index contributed by atoms with van der Waals surface area (Å²) in [6, 6.07) is 13.5. The predicted molar refractivity (Wildman–Crippen MR) is 173 cm³/mol. The van der Waals surface area contributed by atoms with Gasteiger partial charge in [0, 0.05) is 44.4 Å². The number of aryl methyl sites for hydroxylation is 1. The smallest absolute Gasteiger partial charge is 0.391 e. The third-order valence-corrected chi connectivity index (χ3v) is 9.52. The summed E-state index contributed by atoms with van der Waals surface area (Å²) in [5.74, 6) is 1.32. The zero-order chi connectivity index (χ0) is 33.7. The standard InChI is InChI=1S/C35H35F3N8O2/c1-20-15-45(18-30(20)47)16-23-10-27-28(29(11-23)35(36,37)38)17-46(34(27)48)32-13-24(12-31(42-32)40-8-7-21-3-4-21)26-9-22(14-39)5-6-25(26)33-43-41-19-44(33)2/h5-6,9-13,19-21,30,47H,3-4,7-8,15-18H2,1-2H3,(H,40,42)/t20-,30-/m0/s1. The molecular formula is C35H35F3N8O2. The maximum absolute atomic E-state index is 14.5. The first kappa shape index (κ1) is 31.8. The van der Waals surface area contributed by atoms with Crippen LogP contribution in [0, 0.1) is 23.2 Å². The van der Waals surface area contributed by atoms with E-state index in [4.69, 9.17) is 4.98 Å². The second-order valence-electron chi connectivity index (χ2n) is 13.2. The third kappa shape index (κ3) is 6.25. The molecule has 13 heteroatoms. The van der Waals surface area contributed by atoms with E-state index in [1.165, 1.54) is 17.7 Å². The molecule has 0 unspecified atom stereocenters. The summed E-state index contributed by atoms with van der Waals surface area (Å²) >= 11 is 0. The van der Waals surface area contributed by atoms with Crippen LogP contribution >= 0.6 is 0 Å². The molecule has 2 aromatic carbocycles. The number of hydrogen-bond acceptors (Lipinski definition) is 8. The van der Waals surface area contributed by atoms with Gasteiger partial charge in [0.15, 0.2) is 5.82 Å². The second-order valence-corrected chi connectivity index (χ2v) is 13.2. The minimum Gasteiger partial charge on any atom is -0.391 e.